The number of amides is 1. The molecule has 2 aliphatic rings. The molecule has 1 fully saturated rings. The number of nitrogens with zero attached hydrogens (tertiary/aromatic N) is 1. The highest BCUT2D eigenvalue weighted by atomic mass is 16.5. The van der Waals surface area contributed by atoms with Crippen LogP contribution in [-0.2, 0) is 4.79 Å². The van der Waals surface area contributed by atoms with E-state index in [1.54, 1.807) is 4.90 Å². The standard InChI is InChI=1S/C17H23NO3/c19-15(13-6-2-1-3-7-13)12-18-14-8-4-5-9-16(14)21-11-10-17(18)20/h4-5,8-9,13,15,19H,1-3,6-7,10-12H2. The van der Waals surface area contributed by atoms with E-state index in [-0.39, 0.29) is 5.91 Å². The molecule has 1 aliphatic carbocycles. The molecule has 1 aliphatic heterocycles. The maximum absolute atomic E-state index is 12.3. The number of carbonyl (C=O) groups excluding carboxylic acids is 1. The third kappa shape index (κ3) is 3.21. The molecule has 21 heavy (non-hydrogen) atoms. The molecule has 114 valence electrons. The number of ether oxygens (including phenoxy) is 1. The fraction of sp³-hybridized carbons (Fsp3) is 0.588. The topological polar surface area (TPSA) is 49.8 Å². The Bertz CT molecular complexity index is 497. The molecular formula is C17H23NO3. The zero-order chi connectivity index (χ0) is 14.7. The van der Waals surface area contributed by atoms with E-state index in [0.717, 1.165) is 24.3 Å². The molecule has 4 heteroatoms. The summed E-state index contributed by atoms with van der Waals surface area (Å²) in [5, 5.41) is 10.5. The van der Waals surface area contributed by atoms with Crippen LogP contribution in [0.4, 0.5) is 5.69 Å². The normalized spacial score (nSPS) is 21.4. The summed E-state index contributed by atoms with van der Waals surface area (Å²) in [6.45, 7) is 0.787. The minimum atomic E-state index is -0.444. The highest BCUT2D eigenvalue weighted by molar-refractivity contribution is 5.95. The Morgan fingerprint density at radius 1 is 1.24 bits per heavy atom. The number of rotatable bonds is 3. The van der Waals surface area contributed by atoms with Gasteiger partial charge in [-0.2, -0.15) is 0 Å². The van der Waals surface area contributed by atoms with Crippen molar-refractivity contribution in [2.24, 2.45) is 5.92 Å². The number of aliphatic hydroxyl groups is 1. The summed E-state index contributed by atoms with van der Waals surface area (Å²) < 4.78 is 5.63. The molecule has 1 heterocycles. The Labute approximate surface area is 125 Å². The molecule has 4 nitrogen and oxygen atoms in total. The van der Waals surface area contributed by atoms with Crippen LogP contribution in [0.25, 0.3) is 0 Å². The van der Waals surface area contributed by atoms with Gasteiger partial charge < -0.3 is 14.7 Å². The van der Waals surface area contributed by atoms with Crippen LogP contribution in [0.15, 0.2) is 24.3 Å². The van der Waals surface area contributed by atoms with Crippen LogP contribution in [0.2, 0.25) is 0 Å². The maximum atomic E-state index is 12.3. The third-order valence-electron chi connectivity index (χ3n) is 4.59. The third-order valence-corrected chi connectivity index (χ3v) is 4.59. The monoisotopic (exact) mass is 289 g/mol. The van der Waals surface area contributed by atoms with Gasteiger partial charge in [0, 0.05) is 0 Å². The lowest BCUT2D eigenvalue weighted by Crippen LogP contribution is -2.40. The van der Waals surface area contributed by atoms with Gasteiger partial charge in [0.2, 0.25) is 5.91 Å². The number of hydrogen-bond donors (Lipinski definition) is 1. The van der Waals surface area contributed by atoms with Crippen LogP contribution in [0.3, 0.4) is 0 Å². The van der Waals surface area contributed by atoms with Gasteiger partial charge in [-0.15, -0.1) is 0 Å². The van der Waals surface area contributed by atoms with Gasteiger partial charge in [0.25, 0.3) is 0 Å². The number of hydrogen-bond acceptors (Lipinski definition) is 3. The van der Waals surface area contributed by atoms with E-state index in [2.05, 4.69) is 0 Å². The number of aliphatic hydroxyl groups excluding tert-OH is 1. The number of fused-ring (bicyclic) bond motifs is 1. The predicted molar refractivity (Wildman–Crippen MR) is 81.5 cm³/mol. The molecule has 1 saturated carbocycles. The molecule has 1 aromatic rings. The summed E-state index contributed by atoms with van der Waals surface area (Å²) in [7, 11) is 0. The molecule has 3 rings (SSSR count). The molecular weight excluding hydrogens is 266 g/mol. The molecule has 1 unspecified atom stereocenters. The molecule has 0 aromatic heterocycles. The minimum absolute atomic E-state index is 0.0369. The summed E-state index contributed by atoms with van der Waals surface area (Å²) in [4.78, 5) is 14.0. The lowest BCUT2D eigenvalue weighted by Gasteiger charge is -2.31. The van der Waals surface area contributed by atoms with Gasteiger partial charge in [0.05, 0.1) is 31.4 Å². The summed E-state index contributed by atoms with van der Waals surface area (Å²) in [6, 6.07) is 7.59. The zero-order valence-corrected chi connectivity index (χ0v) is 12.3. The second-order valence-corrected chi connectivity index (χ2v) is 6.04. The fourth-order valence-electron chi connectivity index (χ4n) is 3.38. The zero-order valence-electron chi connectivity index (χ0n) is 12.3. The van der Waals surface area contributed by atoms with E-state index < -0.39 is 6.10 Å². The van der Waals surface area contributed by atoms with Gasteiger partial charge in [0.1, 0.15) is 5.75 Å². The van der Waals surface area contributed by atoms with Gasteiger partial charge in [-0.25, -0.2) is 0 Å². The molecule has 0 saturated heterocycles. The van der Waals surface area contributed by atoms with Crippen LogP contribution in [0.5, 0.6) is 5.75 Å². The van der Waals surface area contributed by atoms with Crippen LogP contribution < -0.4 is 9.64 Å². The van der Waals surface area contributed by atoms with Crippen molar-refractivity contribution < 1.29 is 14.6 Å². The van der Waals surface area contributed by atoms with E-state index in [4.69, 9.17) is 4.74 Å². The average molecular weight is 289 g/mol. The second kappa shape index (κ2) is 6.48. The second-order valence-electron chi connectivity index (χ2n) is 6.04. The highest BCUT2D eigenvalue weighted by Gasteiger charge is 2.29. The molecule has 1 atom stereocenters. The summed E-state index contributed by atoms with van der Waals surface area (Å²) >= 11 is 0. The van der Waals surface area contributed by atoms with Crippen molar-refractivity contribution in [2.75, 3.05) is 18.1 Å². The molecule has 0 radical (unpaired) electrons. The van der Waals surface area contributed by atoms with E-state index in [1.165, 1.54) is 19.3 Å². The van der Waals surface area contributed by atoms with Crippen molar-refractivity contribution in [3.05, 3.63) is 24.3 Å². The van der Waals surface area contributed by atoms with Crippen molar-refractivity contribution in [1.29, 1.82) is 0 Å². The first-order valence-electron chi connectivity index (χ1n) is 7.96. The van der Waals surface area contributed by atoms with Gasteiger partial charge in [-0.1, -0.05) is 31.4 Å². The molecule has 0 spiro atoms. The Morgan fingerprint density at radius 2 is 2.00 bits per heavy atom. The summed E-state index contributed by atoms with van der Waals surface area (Å²) in [6.07, 6.45) is 5.71. The van der Waals surface area contributed by atoms with Crippen LogP contribution in [0.1, 0.15) is 38.5 Å². The Morgan fingerprint density at radius 3 is 2.81 bits per heavy atom. The number of carbonyl (C=O) groups is 1. The van der Waals surface area contributed by atoms with Gasteiger partial charge >= 0.3 is 0 Å². The van der Waals surface area contributed by atoms with E-state index in [0.29, 0.717) is 25.5 Å². The van der Waals surface area contributed by atoms with Crippen molar-refractivity contribution in [3.63, 3.8) is 0 Å². The van der Waals surface area contributed by atoms with Crippen LogP contribution in [-0.4, -0.2) is 30.3 Å². The quantitative estimate of drug-likeness (QED) is 0.931. The Kier molecular flexibility index (Phi) is 4.44. The van der Waals surface area contributed by atoms with E-state index in [1.807, 2.05) is 24.3 Å². The Balaban J connectivity index is 1.77. The lowest BCUT2D eigenvalue weighted by atomic mass is 9.85. The van der Waals surface area contributed by atoms with Crippen molar-refractivity contribution in [1.82, 2.24) is 0 Å². The summed E-state index contributed by atoms with van der Waals surface area (Å²) in [5.41, 5.74) is 0.787. The van der Waals surface area contributed by atoms with Gasteiger partial charge in [0.15, 0.2) is 0 Å². The van der Waals surface area contributed by atoms with E-state index >= 15 is 0 Å². The number of anilines is 1. The lowest BCUT2D eigenvalue weighted by molar-refractivity contribution is -0.119. The predicted octanol–water partition coefficient (Wildman–Crippen LogP) is 2.74. The SMILES string of the molecule is O=C1CCOc2ccccc2N1CC(O)C1CCCCC1. The van der Waals surface area contributed by atoms with Gasteiger partial charge in [-0.05, 0) is 30.9 Å². The number of β-amino-alcohol motifs (C(OH)–C–C–N with tert-alkyl or cyclic N) is 1. The van der Waals surface area contributed by atoms with Gasteiger partial charge in [-0.3, -0.25) is 4.79 Å². The summed E-state index contributed by atoms with van der Waals surface area (Å²) in [5.74, 6) is 1.09. The molecule has 1 amide bonds. The van der Waals surface area contributed by atoms with Crippen molar-refractivity contribution in [2.45, 2.75) is 44.6 Å². The van der Waals surface area contributed by atoms with Crippen LogP contribution >= 0.6 is 0 Å². The van der Waals surface area contributed by atoms with Crippen molar-refractivity contribution >= 4 is 11.6 Å². The first kappa shape index (κ1) is 14.4. The largest absolute Gasteiger partial charge is 0.491 e. The minimum Gasteiger partial charge on any atom is -0.491 e. The van der Waals surface area contributed by atoms with Crippen molar-refractivity contribution in [3.8, 4) is 5.75 Å². The first-order chi connectivity index (χ1) is 10.3. The number of para-hydroxylation sites is 2. The van der Waals surface area contributed by atoms with Crippen LogP contribution in [0, 0.1) is 5.92 Å². The molecule has 0 bridgehead atoms. The number of benzene rings is 1. The van der Waals surface area contributed by atoms with E-state index in [9.17, 15) is 9.90 Å². The highest BCUT2D eigenvalue weighted by Crippen LogP contribution is 2.33. The maximum Gasteiger partial charge on any atom is 0.230 e. The Hall–Kier alpha value is -1.55. The average Bonchev–Trinajstić information content (AvgIpc) is 2.68. The fourth-order valence-corrected chi connectivity index (χ4v) is 3.38. The molecule has 1 N–H and O–H groups in total. The first-order valence-corrected chi connectivity index (χ1v) is 7.96. The smallest absolute Gasteiger partial charge is 0.230 e. The molecule has 1 aromatic carbocycles.